The van der Waals surface area contributed by atoms with E-state index in [0.29, 0.717) is 21.4 Å². The maximum atomic E-state index is 10.5. The Morgan fingerprint density at radius 2 is 1.70 bits per heavy atom. The normalized spacial score (nSPS) is 12.8. The Hall–Kier alpha value is -1.48. The van der Waals surface area contributed by atoms with Gasteiger partial charge >= 0.3 is 0 Å². The molecule has 0 aliphatic heterocycles. The molecule has 0 aliphatic carbocycles. The van der Waals surface area contributed by atoms with Crippen molar-refractivity contribution in [2.24, 2.45) is 0 Å². The molecular weight excluding hydrogens is 295 g/mol. The predicted octanol–water partition coefficient (Wildman–Crippen LogP) is 5.13. The van der Waals surface area contributed by atoms with Crippen molar-refractivity contribution >= 4 is 34.2 Å². The van der Waals surface area contributed by atoms with Crippen LogP contribution < -0.4 is 0 Å². The van der Waals surface area contributed by atoms with Crippen LogP contribution in [0.4, 0.5) is 0 Å². The lowest BCUT2D eigenvalue weighted by atomic mass is 10.1. The summed E-state index contributed by atoms with van der Waals surface area (Å²) in [6, 6.07) is 12.8. The van der Waals surface area contributed by atoms with E-state index in [4.69, 9.17) is 27.6 Å². The number of fused-ring (bicyclic) bond motifs is 1. The lowest BCUT2D eigenvalue weighted by Crippen LogP contribution is -1.99. The number of benzene rings is 2. The first-order valence-corrected chi connectivity index (χ1v) is 6.94. The first kappa shape index (κ1) is 13.5. The highest BCUT2D eigenvalue weighted by Gasteiger charge is 2.21. The molecule has 1 N–H and O–H groups in total. The van der Waals surface area contributed by atoms with Gasteiger partial charge in [0.2, 0.25) is 0 Å². The van der Waals surface area contributed by atoms with Crippen LogP contribution >= 0.6 is 23.2 Å². The average Bonchev–Trinajstić information content (AvgIpc) is 2.84. The molecule has 4 heteroatoms. The molecular formula is C16H12Cl2O2. The van der Waals surface area contributed by atoms with Gasteiger partial charge in [-0.15, -0.1) is 0 Å². The van der Waals surface area contributed by atoms with Gasteiger partial charge in [0.25, 0.3) is 0 Å². The van der Waals surface area contributed by atoms with Crippen molar-refractivity contribution < 1.29 is 9.52 Å². The van der Waals surface area contributed by atoms with Crippen molar-refractivity contribution in [1.29, 1.82) is 0 Å². The summed E-state index contributed by atoms with van der Waals surface area (Å²) in [6.07, 6.45) is -0.983. The summed E-state index contributed by atoms with van der Waals surface area (Å²) in [5, 5.41) is 12.3. The largest absolute Gasteiger partial charge is 0.458 e. The van der Waals surface area contributed by atoms with Gasteiger partial charge in [-0.25, -0.2) is 0 Å². The molecule has 3 rings (SSSR count). The second-order valence-electron chi connectivity index (χ2n) is 4.68. The van der Waals surface area contributed by atoms with Crippen LogP contribution in [0, 0.1) is 6.92 Å². The Morgan fingerprint density at radius 3 is 2.35 bits per heavy atom. The van der Waals surface area contributed by atoms with Crippen LogP contribution in [0.2, 0.25) is 10.0 Å². The van der Waals surface area contributed by atoms with Gasteiger partial charge in [-0.3, -0.25) is 0 Å². The fraction of sp³-hybridized carbons (Fsp3) is 0.125. The molecule has 1 heterocycles. The van der Waals surface area contributed by atoms with Gasteiger partial charge in [-0.2, -0.15) is 0 Å². The lowest BCUT2D eigenvalue weighted by molar-refractivity contribution is 0.192. The van der Waals surface area contributed by atoms with Gasteiger partial charge < -0.3 is 9.52 Å². The van der Waals surface area contributed by atoms with E-state index in [9.17, 15) is 5.11 Å². The Kier molecular flexibility index (Phi) is 3.47. The maximum absolute atomic E-state index is 10.5. The van der Waals surface area contributed by atoms with Crippen LogP contribution in [0.1, 0.15) is 23.0 Å². The summed E-state index contributed by atoms with van der Waals surface area (Å²) in [7, 11) is 0. The van der Waals surface area contributed by atoms with Crippen LogP contribution in [-0.4, -0.2) is 5.11 Å². The third-order valence-corrected chi connectivity index (χ3v) is 3.96. The number of para-hydroxylation sites is 1. The molecule has 0 aliphatic rings. The number of furan rings is 1. The van der Waals surface area contributed by atoms with Crippen molar-refractivity contribution in [1.82, 2.24) is 0 Å². The van der Waals surface area contributed by atoms with Crippen molar-refractivity contribution in [2.75, 3.05) is 0 Å². The molecule has 0 saturated heterocycles. The average molecular weight is 307 g/mol. The maximum Gasteiger partial charge on any atom is 0.140 e. The highest BCUT2D eigenvalue weighted by Crippen LogP contribution is 2.36. The Labute approximate surface area is 126 Å². The minimum Gasteiger partial charge on any atom is -0.458 e. The predicted molar refractivity (Wildman–Crippen MR) is 81.5 cm³/mol. The number of hydrogen-bond donors (Lipinski definition) is 1. The third-order valence-electron chi connectivity index (χ3n) is 3.30. The van der Waals surface area contributed by atoms with E-state index < -0.39 is 6.10 Å². The Bertz CT molecular complexity index is 757. The molecule has 0 radical (unpaired) electrons. The summed E-state index contributed by atoms with van der Waals surface area (Å²) >= 11 is 12.2. The molecule has 0 amide bonds. The van der Waals surface area contributed by atoms with Crippen molar-refractivity contribution in [3.8, 4) is 0 Å². The Morgan fingerprint density at radius 1 is 1.05 bits per heavy atom. The molecule has 1 atom stereocenters. The van der Waals surface area contributed by atoms with Gasteiger partial charge in [0.1, 0.15) is 17.4 Å². The summed E-state index contributed by atoms with van der Waals surface area (Å²) in [4.78, 5) is 0. The quantitative estimate of drug-likeness (QED) is 0.712. The molecule has 0 fully saturated rings. The number of aryl methyl sites for hydroxylation is 1. The SMILES string of the molecule is Cc1cccc2cc(C(O)c3c(Cl)cccc3Cl)oc12. The van der Waals surface area contributed by atoms with Crippen molar-refractivity contribution in [3.63, 3.8) is 0 Å². The van der Waals surface area contributed by atoms with E-state index in [-0.39, 0.29) is 0 Å². The molecule has 20 heavy (non-hydrogen) atoms. The number of halogens is 2. The number of aliphatic hydroxyl groups excluding tert-OH is 1. The fourth-order valence-electron chi connectivity index (χ4n) is 2.28. The highest BCUT2D eigenvalue weighted by molar-refractivity contribution is 6.36. The van der Waals surface area contributed by atoms with Crippen molar-refractivity contribution in [2.45, 2.75) is 13.0 Å². The number of aliphatic hydroxyl groups is 1. The standard InChI is InChI=1S/C16H12Cl2O2/c1-9-4-2-5-10-8-13(20-16(9)10)15(19)14-11(17)6-3-7-12(14)18/h2-8,15,19H,1H3. The second-order valence-corrected chi connectivity index (χ2v) is 5.49. The van der Waals surface area contributed by atoms with Gasteiger partial charge in [-0.1, -0.05) is 47.5 Å². The minimum absolute atomic E-state index is 0.419. The summed E-state index contributed by atoms with van der Waals surface area (Å²) in [5.74, 6) is 0.435. The molecule has 1 aromatic heterocycles. The third kappa shape index (κ3) is 2.20. The number of hydrogen-bond acceptors (Lipinski definition) is 2. The summed E-state index contributed by atoms with van der Waals surface area (Å²) in [6.45, 7) is 1.96. The molecule has 0 spiro atoms. The van der Waals surface area contributed by atoms with E-state index in [1.807, 2.05) is 31.2 Å². The van der Waals surface area contributed by atoms with E-state index in [2.05, 4.69) is 0 Å². The van der Waals surface area contributed by atoms with Crippen LogP contribution in [0.3, 0.4) is 0 Å². The summed E-state index contributed by atoms with van der Waals surface area (Å²) < 4.78 is 5.76. The molecule has 0 bridgehead atoms. The minimum atomic E-state index is -0.983. The summed E-state index contributed by atoms with van der Waals surface area (Å²) in [5.41, 5.74) is 2.25. The van der Waals surface area contributed by atoms with Crippen LogP contribution in [0.5, 0.6) is 0 Å². The van der Waals surface area contributed by atoms with Gasteiger partial charge in [0.05, 0.1) is 0 Å². The molecule has 2 nitrogen and oxygen atoms in total. The number of rotatable bonds is 2. The van der Waals surface area contributed by atoms with Gasteiger partial charge in [0.15, 0.2) is 0 Å². The first-order valence-electron chi connectivity index (χ1n) is 6.19. The van der Waals surface area contributed by atoms with E-state index in [0.717, 1.165) is 16.5 Å². The van der Waals surface area contributed by atoms with Crippen LogP contribution in [0.25, 0.3) is 11.0 Å². The smallest absolute Gasteiger partial charge is 0.140 e. The van der Waals surface area contributed by atoms with Gasteiger partial charge in [-0.05, 0) is 30.7 Å². The monoisotopic (exact) mass is 306 g/mol. The van der Waals surface area contributed by atoms with E-state index in [1.165, 1.54) is 0 Å². The molecule has 102 valence electrons. The molecule has 1 unspecified atom stereocenters. The molecule has 0 saturated carbocycles. The zero-order valence-electron chi connectivity index (χ0n) is 10.7. The van der Waals surface area contributed by atoms with E-state index >= 15 is 0 Å². The van der Waals surface area contributed by atoms with Crippen molar-refractivity contribution in [3.05, 3.63) is 69.4 Å². The molecule has 2 aromatic carbocycles. The topological polar surface area (TPSA) is 33.4 Å². The fourth-order valence-corrected chi connectivity index (χ4v) is 2.88. The zero-order chi connectivity index (χ0) is 14.3. The zero-order valence-corrected chi connectivity index (χ0v) is 12.2. The van der Waals surface area contributed by atoms with Gasteiger partial charge in [0, 0.05) is 21.0 Å². The Balaban J connectivity index is 2.13. The first-order chi connectivity index (χ1) is 9.58. The highest BCUT2D eigenvalue weighted by atomic mass is 35.5. The van der Waals surface area contributed by atoms with Crippen LogP contribution in [0.15, 0.2) is 46.9 Å². The van der Waals surface area contributed by atoms with E-state index in [1.54, 1.807) is 18.2 Å². The second kappa shape index (κ2) is 5.13. The lowest BCUT2D eigenvalue weighted by Gasteiger charge is -2.11. The van der Waals surface area contributed by atoms with Crippen LogP contribution in [-0.2, 0) is 0 Å². The molecule has 3 aromatic rings.